The van der Waals surface area contributed by atoms with Gasteiger partial charge in [0.05, 0.1) is 13.3 Å². The average molecular weight is 260 g/mol. The molecular formula is C13H16N4O2. The van der Waals surface area contributed by atoms with Crippen molar-refractivity contribution >= 4 is 5.78 Å². The topological polar surface area (TPSA) is 69.9 Å². The predicted octanol–water partition coefficient (Wildman–Crippen LogP) is 1.63. The van der Waals surface area contributed by atoms with Crippen LogP contribution in [0.5, 0.6) is 5.75 Å². The van der Waals surface area contributed by atoms with Gasteiger partial charge in [-0.2, -0.15) is 5.10 Å². The van der Waals surface area contributed by atoms with E-state index in [0.29, 0.717) is 29.5 Å². The molecular weight excluding hydrogens is 244 g/mol. The molecule has 0 spiro atoms. The van der Waals surface area contributed by atoms with Crippen LogP contribution >= 0.6 is 0 Å². The van der Waals surface area contributed by atoms with E-state index in [-0.39, 0.29) is 5.78 Å². The fraction of sp³-hybridized carbons (Fsp3) is 0.385. The molecule has 0 saturated carbocycles. The lowest BCUT2D eigenvalue weighted by atomic mass is 10.2. The fourth-order valence-electron chi connectivity index (χ4n) is 1.83. The van der Waals surface area contributed by atoms with Crippen molar-refractivity contribution in [1.29, 1.82) is 0 Å². The monoisotopic (exact) mass is 260 g/mol. The van der Waals surface area contributed by atoms with Crippen molar-refractivity contribution in [2.24, 2.45) is 0 Å². The van der Waals surface area contributed by atoms with Crippen molar-refractivity contribution in [3.05, 3.63) is 35.7 Å². The maximum Gasteiger partial charge on any atom is 0.233 e. The molecule has 0 aliphatic rings. The van der Waals surface area contributed by atoms with Gasteiger partial charge in [0.15, 0.2) is 11.4 Å². The Bertz CT molecular complexity index is 592. The first-order valence-corrected chi connectivity index (χ1v) is 6.11. The van der Waals surface area contributed by atoms with Crippen LogP contribution in [0.25, 0.3) is 0 Å². The Labute approximate surface area is 111 Å². The van der Waals surface area contributed by atoms with E-state index in [1.165, 1.54) is 7.11 Å². The molecule has 0 bridgehead atoms. The van der Waals surface area contributed by atoms with Crippen LogP contribution in [0.2, 0.25) is 0 Å². The Morgan fingerprint density at radius 3 is 2.89 bits per heavy atom. The molecule has 100 valence electrons. The summed E-state index contributed by atoms with van der Waals surface area (Å²) in [7, 11) is 1.52. The summed E-state index contributed by atoms with van der Waals surface area (Å²) in [6.45, 7) is 4.43. The Balaban J connectivity index is 2.45. The van der Waals surface area contributed by atoms with Crippen molar-refractivity contribution in [2.75, 3.05) is 7.11 Å². The second kappa shape index (κ2) is 5.60. The van der Waals surface area contributed by atoms with Crippen LogP contribution in [0.1, 0.15) is 35.4 Å². The highest BCUT2D eigenvalue weighted by Gasteiger charge is 2.21. The lowest BCUT2D eigenvalue weighted by Crippen LogP contribution is -2.14. The van der Waals surface area contributed by atoms with Crippen molar-refractivity contribution in [3.8, 4) is 5.75 Å². The van der Waals surface area contributed by atoms with Crippen molar-refractivity contribution in [1.82, 2.24) is 19.7 Å². The lowest BCUT2D eigenvalue weighted by molar-refractivity contribution is 0.102. The van der Waals surface area contributed by atoms with E-state index in [1.54, 1.807) is 30.1 Å². The number of carbonyl (C=O) groups excluding carboxylic acids is 1. The van der Waals surface area contributed by atoms with E-state index in [4.69, 9.17) is 4.74 Å². The standard InChI is InChI=1S/C13H16N4O2/c1-4-7-17-12(11(19-3)8-15-17)13(18)10-5-6-14-9(2)16-10/h5-6,8H,4,7H2,1-3H3. The van der Waals surface area contributed by atoms with Gasteiger partial charge < -0.3 is 4.74 Å². The molecule has 0 atom stereocenters. The van der Waals surface area contributed by atoms with E-state index >= 15 is 0 Å². The summed E-state index contributed by atoms with van der Waals surface area (Å²) in [4.78, 5) is 20.6. The number of hydrogen-bond donors (Lipinski definition) is 0. The highest BCUT2D eigenvalue weighted by Crippen LogP contribution is 2.20. The average Bonchev–Trinajstić information content (AvgIpc) is 2.81. The number of ketones is 1. The van der Waals surface area contributed by atoms with Gasteiger partial charge in [0.25, 0.3) is 0 Å². The maximum absolute atomic E-state index is 12.5. The largest absolute Gasteiger partial charge is 0.493 e. The van der Waals surface area contributed by atoms with Crippen LogP contribution in [0.15, 0.2) is 18.5 Å². The second-order valence-corrected chi connectivity index (χ2v) is 4.10. The van der Waals surface area contributed by atoms with Crippen LogP contribution in [-0.4, -0.2) is 32.6 Å². The summed E-state index contributed by atoms with van der Waals surface area (Å²) in [6, 6.07) is 1.60. The number of carbonyl (C=O) groups is 1. The Hall–Kier alpha value is -2.24. The predicted molar refractivity (Wildman–Crippen MR) is 69.3 cm³/mol. The van der Waals surface area contributed by atoms with Gasteiger partial charge in [-0.15, -0.1) is 0 Å². The minimum absolute atomic E-state index is 0.201. The Morgan fingerprint density at radius 2 is 2.26 bits per heavy atom. The molecule has 0 N–H and O–H groups in total. The molecule has 0 amide bonds. The number of nitrogens with zero attached hydrogens (tertiary/aromatic N) is 4. The molecule has 2 aromatic rings. The van der Waals surface area contributed by atoms with E-state index in [9.17, 15) is 4.79 Å². The lowest BCUT2D eigenvalue weighted by Gasteiger charge is -2.07. The van der Waals surface area contributed by atoms with Crippen LogP contribution in [0.4, 0.5) is 0 Å². The van der Waals surface area contributed by atoms with Gasteiger partial charge in [-0.25, -0.2) is 9.97 Å². The molecule has 19 heavy (non-hydrogen) atoms. The molecule has 0 unspecified atom stereocenters. The molecule has 2 aromatic heterocycles. The maximum atomic E-state index is 12.5. The molecule has 0 aliphatic carbocycles. The molecule has 0 aliphatic heterocycles. The summed E-state index contributed by atoms with van der Waals surface area (Å²) in [5, 5.41) is 4.17. The third kappa shape index (κ3) is 2.62. The molecule has 6 heteroatoms. The van der Waals surface area contributed by atoms with Gasteiger partial charge in [-0.05, 0) is 19.4 Å². The van der Waals surface area contributed by atoms with Gasteiger partial charge in [0.1, 0.15) is 11.5 Å². The highest BCUT2D eigenvalue weighted by molar-refractivity contribution is 6.08. The molecule has 0 radical (unpaired) electrons. The van der Waals surface area contributed by atoms with Crippen LogP contribution < -0.4 is 4.74 Å². The number of rotatable bonds is 5. The molecule has 2 heterocycles. The second-order valence-electron chi connectivity index (χ2n) is 4.10. The molecule has 0 aromatic carbocycles. The van der Waals surface area contributed by atoms with Gasteiger partial charge >= 0.3 is 0 Å². The quantitative estimate of drug-likeness (QED) is 0.764. The molecule has 0 saturated heterocycles. The van der Waals surface area contributed by atoms with Gasteiger partial charge in [-0.3, -0.25) is 9.48 Å². The summed E-state index contributed by atoms with van der Waals surface area (Å²) in [6.07, 6.45) is 4.01. The molecule has 6 nitrogen and oxygen atoms in total. The molecule has 2 rings (SSSR count). The summed E-state index contributed by atoms with van der Waals surface area (Å²) in [5.41, 5.74) is 0.783. The third-order valence-corrected chi connectivity index (χ3v) is 2.68. The van der Waals surface area contributed by atoms with E-state index in [2.05, 4.69) is 15.1 Å². The SMILES string of the molecule is CCCn1ncc(OC)c1C(=O)c1ccnc(C)n1. The Morgan fingerprint density at radius 1 is 1.47 bits per heavy atom. The van der Waals surface area contributed by atoms with Crippen molar-refractivity contribution in [2.45, 2.75) is 26.8 Å². The zero-order valence-corrected chi connectivity index (χ0v) is 11.3. The van der Waals surface area contributed by atoms with E-state index in [1.807, 2.05) is 6.92 Å². The van der Waals surface area contributed by atoms with Crippen LogP contribution in [-0.2, 0) is 6.54 Å². The van der Waals surface area contributed by atoms with Crippen molar-refractivity contribution < 1.29 is 9.53 Å². The first-order valence-electron chi connectivity index (χ1n) is 6.11. The summed E-state index contributed by atoms with van der Waals surface area (Å²) >= 11 is 0. The number of hydrogen-bond acceptors (Lipinski definition) is 5. The smallest absolute Gasteiger partial charge is 0.233 e. The van der Waals surface area contributed by atoms with Crippen LogP contribution in [0.3, 0.4) is 0 Å². The van der Waals surface area contributed by atoms with Gasteiger partial charge in [-0.1, -0.05) is 6.92 Å². The third-order valence-electron chi connectivity index (χ3n) is 2.68. The van der Waals surface area contributed by atoms with E-state index < -0.39 is 0 Å². The fourth-order valence-corrected chi connectivity index (χ4v) is 1.83. The zero-order chi connectivity index (χ0) is 13.8. The first-order chi connectivity index (χ1) is 9.17. The van der Waals surface area contributed by atoms with E-state index in [0.717, 1.165) is 6.42 Å². The van der Waals surface area contributed by atoms with Crippen LogP contribution in [0, 0.1) is 6.92 Å². The van der Waals surface area contributed by atoms with Gasteiger partial charge in [0.2, 0.25) is 5.78 Å². The number of aryl methyl sites for hydroxylation is 2. The highest BCUT2D eigenvalue weighted by atomic mass is 16.5. The number of ether oxygens (including phenoxy) is 1. The minimum atomic E-state index is -0.201. The molecule has 0 fully saturated rings. The minimum Gasteiger partial charge on any atom is -0.493 e. The number of methoxy groups -OCH3 is 1. The van der Waals surface area contributed by atoms with Gasteiger partial charge in [0, 0.05) is 12.7 Å². The Kier molecular flexibility index (Phi) is 3.89. The zero-order valence-electron chi connectivity index (χ0n) is 11.3. The number of aromatic nitrogens is 4. The van der Waals surface area contributed by atoms with Crippen molar-refractivity contribution in [3.63, 3.8) is 0 Å². The summed E-state index contributed by atoms with van der Waals surface area (Å²) in [5.74, 6) is 0.828. The normalized spacial score (nSPS) is 10.5. The summed E-state index contributed by atoms with van der Waals surface area (Å²) < 4.78 is 6.85. The first kappa shape index (κ1) is 13.2.